The van der Waals surface area contributed by atoms with E-state index in [-0.39, 0.29) is 5.91 Å². The Morgan fingerprint density at radius 1 is 1.62 bits per heavy atom. The number of nitrogens with one attached hydrogen (secondary N) is 1. The van der Waals surface area contributed by atoms with Crippen LogP contribution < -0.4 is 10.7 Å². The van der Waals surface area contributed by atoms with Gasteiger partial charge in [-0.25, -0.2) is 4.99 Å². The Balaban J connectivity index is 0.000000671. The van der Waals surface area contributed by atoms with E-state index >= 15 is 0 Å². The van der Waals surface area contributed by atoms with Crippen molar-refractivity contribution < 1.29 is 9.79 Å². The summed E-state index contributed by atoms with van der Waals surface area (Å²) in [5, 5.41) is 0. The van der Waals surface area contributed by atoms with Gasteiger partial charge in [-0.1, -0.05) is 13.8 Å². The summed E-state index contributed by atoms with van der Waals surface area (Å²) in [5.41, 5.74) is 6.36. The van der Waals surface area contributed by atoms with Crippen molar-refractivity contribution in [1.29, 1.82) is 0 Å². The van der Waals surface area contributed by atoms with E-state index in [4.69, 9.17) is 5.73 Å². The van der Waals surface area contributed by atoms with E-state index in [1.807, 2.05) is 13.8 Å². The molecule has 1 rings (SSSR count). The molecule has 0 fully saturated rings. The first-order valence-corrected chi connectivity index (χ1v) is 5.06. The summed E-state index contributed by atoms with van der Waals surface area (Å²) < 4.78 is 0. The molecule has 0 saturated carbocycles. The van der Waals surface area contributed by atoms with Crippen LogP contribution in [0, 0.1) is 0 Å². The fourth-order valence-corrected chi connectivity index (χ4v) is 1.50. The minimum atomic E-state index is -0.211. The molecule has 3 nitrogen and oxygen atoms in total. The molecule has 0 aromatic rings. The normalized spacial score (nSPS) is 21.2. The molecule has 0 aromatic heterocycles. The lowest BCUT2D eigenvalue weighted by Gasteiger charge is -2.10. The Bertz CT molecular complexity index is 187. The molecule has 0 radical (unpaired) electrons. The van der Waals surface area contributed by atoms with Gasteiger partial charge in [0.25, 0.3) is 0 Å². The molecule has 3 N–H and O–H groups in total. The Morgan fingerprint density at radius 3 is 2.69 bits per heavy atom. The monoisotopic (exact) mass is 185 g/mol. The summed E-state index contributed by atoms with van der Waals surface area (Å²) in [5.74, 6) is -0.211. The zero-order chi connectivity index (χ0) is 10.3. The highest BCUT2D eigenvalue weighted by Gasteiger charge is 2.20. The molecule has 13 heavy (non-hydrogen) atoms. The van der Waals surface area contributed by atoms with Crippen LogP contribution in [0.3, 0.4) is 0 Å². The van der Waals surface area contributed by atoms with Crippen molar-refractivity contribution >= 4 is 11.6 Å². The van der Waals surface area contributed by atoms with Gasteiger partial charge in [0.05, 0.1) is 6.42 Å². The van der Waals surface area contributed by atoms with Gasteiger partial charge in [0.1, 0.15) is 5.71 Å². The first-order chi connectivity index (χ1) is 6.18. The van der Waals surface area contributed by atoms with Crippen LogP contribution >= 0.6 is 0 Å². The van der Waals surface area contributed by atoms with E-state index in [1.54, 1.807) is 0 Å². The molecule has 0 bridgehead atoms. The maximum atomic E-state index is 10.5. The number of amides is 1. The van der Waals surface area contributed by atoms with Crippen molar-refractivity contribution in [3.05, 3.63) is 0 Å². The molecule has 0 aliphatic carbocycles. The summed E-state index contributed by atoms with van der Waals surface area (Å²) >= 11 is 0. The SMILES string of the molecule is CC.CC1=[NH+]C(CC(N)=O)CCC1. The lowest BCUT2D eigenvalue weighted by atomic mass is 10.0. The second kappa shape index (κ2) is 6.63. The van der Waals surface area contributed by atoms with Crippen molar-refractivity contribution in [2.24, 2.45) is 5.73 Å². The molecule has 76 valence electrons. The molecular weight excluding hydrogens is 164 g/mol. The molecule has 1 amide bonds. The smallest absolute Gasteiger partial charge is 0.224 e. The lowest BCUT2D eigenvalue weighted by Crippen LogP contribution is -2.81. The van der Waals surface area contributed by atoms with Crippen LogP contribution in [0.5, 0.6) is 0 Å². The maximum absolute atomic E-state index is 10.5. The second-order valence-corrected chi connectivity index (χ2v) is 3.18. The van der Waals surface area contributed by atoms with E-state index < -0.39 is 0 Å². The van der Waals surface area contributed by atoms with Gasteiger partial charge in [0, 0.05) is 19.8 Å². The van der Waals surface area contributed by atoms with E-state index in [0.29, 0.717) is 12.5 Å². The van der Waals surface area contributed by atoms with Crippen molar-refractivity contribution in [2.45, 2.75) is 52.5 Å². The van der Waals surface area contributed by atoms with Gasteiger partial charge in [0.15, 0.2) is 6.04 Å². The second-order valence-electron chi connectivity index (χ2n) is 3.18. The predicted octanol–water partition coefficient (Wildman–Crippen LogP) is -0.0180. The molecule has 1 aliphatic rings. The standard InChI is InChI=1S/C8H14N2O.C2H6/c1-6-3-2-4-7(10-6)5-8(9)11;1-2/h7H,2-5H2,1H3,(H2,9,11);1-2H3/p+1. The number of nitrogens with two attached hydrogens (primary N) is 1. The molecule has 0 saturated heterocycles. The Kier molecular flexibility index (Phi) is 6.20. The van der Waals surface area contributed by atoms with Gasteiger partial charge in [-0.2, -0.15) is 0 Å². The zero-order valence-electron chi connectivity index (χ0n) is 8.89. The van der Waals surface area contributed by atoms with Gasteiger partial charge in [-0.3, -0.25) is 4.79 Å². The summed E-state index contributed by atoms with van der Waals surface area (Å²) in [6, 6.07) is 0.293. The highest BCUT2D eigenvalue weighted by atomic mass is 16.1. The number of rotatable bonds is 2. The number of carbonyl (C=O) groups excluding carboxylic acids is 1. The third-order valence-corrected chi connectivity index (χ3v) is 2.00. The molecule has 3 heteroatoms. The first kappa shape index (κ1) is 12.1. The van der Waals surface area contributed by atoms with E-state index in [9.17, 15) is 4.79 Å². The first-order valence-electron chi connectivity index (χ1n) is 5.06. The maximum Gasteiger partial charge on any atom is 0.224 e. The lowest BCUT2D eigenvalue weighted by molar-refractivity contribution is -0.509. The predicted molar refractivity (Wildman–Crippen MR) is 54.4 cm³/mol. The third-order valence-electron chi connectivity index (χ3n) is 2.00. The summed E-state index contributed by atoms with van der Waals surface area (Å²) in [6.45, 7) is 6.06. The van der Waals surface area contributed by atoms with E-state index in [1.165, 1.54) is 12.1 Å². The molecular formula is C10H21N2O+. The molecule has 1 unspecified atom stereocenters. The quantitative estimate of drug-likeness (QED) is 0.624. The van der Waals surface area contributed by atoms with Crippen LogP contribution in [-0.4, -0.2) is 17.7 Å². The molecule has 1 aliphatic heterocycles. The van der Waals surface area contributed by atoms with E-state index in [2.05, 4.69) is 11.9 Å². The summed E-state index contributed by atoms with van der Waals surface area (Å²) in [4.78, 5) is 13.8. The number of carbonyl (C=O) groups is 1. The van der Waals surface area contributed by atoms with Crippen molar-refractivity contribution in [3.8, 4) is 0 Å². The molecule has 1 atom stereocenters. The van der Waals surface area contributed by atoms with Gasteiger partial charge >= 0.3 is 0 Å². The highest BCUT2D eigenvalue weighted by molar-refractivity contribution is 5.77. The average molecular weight is 185 g/mol. The zero-order valence-corrected chi connectivity index (χ0v) is 8.89. The molecule has 0 aromatic carbocycles. The Hall–Kier alpha value is -0.860. The van der Waals surface area contributed by atoms with Crippen molar-refractivity contribution in [3.63, 3.8) is 0 Å². The van der Waals surface area contributed by atoms with Crippen LogP contribution in [0.15, 0.2) is 0 Å². The number of hydrogen-bond acceptors (Lipinski definition) is 1. The number of primary amides is 1. The highest BCUT2D eigenvalue weighted by Crippen LogP contribution is 2.03. The Labute approximate surface area is 80.4 Å². The van der Waals surface area contributed by atoms with Crippen LogP contribution in [0.1, 0.15) is 46.5 Å². The van der Waals surface area contributed by atoms with Gasteiger partial charge in [-0.15, -0.1) is 0 Å². The summed E-state index contributed by atoms with van der Waals surface area (Å²) in [6.07, 6.45) is 3.85. The largest absolute Gasteiger partial charge is 0.369 e. The number of hydrogen-bond donors (Lipinski definition) is 2. The van der Waals surface area contributed by atoms with Gasteiger partial charge in [0.2, 0.25) is 5.91 Å². The summed E-state index contributed by atoms with van der Waals surface area (Å²) in [7, 11) is 0. The van der Waals surface area contributed by atoms with E-state index in [0.717, 1.165) is 12.8 Å². The molecule has 1 heterocycles. The fourth-order valence-electron chi connectivity index (χ4n) is 1.50. The molecule has 0 spiro atoms. The minimum Gasteiger partial charge on any atom is -0.369 e. The van der Waals surface area contributed by atoms with Crippen LogP contribution in [-0.2, 0) is 4.79 Å². The van der Waals surface area contributed by atoms with Gasteiger partial charge in [-0.05, 0) is 6.42 Å². The average Bonchev–Trinajstić information content (AvgIpc) is 2.06. The third kappa shape index (κ3) is 5.39. The minimum absolute atomic E-state index is 0.211. The van der Waals surface area contributed by atoms with Crippen molar-refractivity contribution in [2.75, 3.05) is 0 Å². The van der Waals surface area contributed by atoms with Crippen molar-refractivity contribution in [1.82, 2.24) is 0 Å². The van der Waals surface area contributed by atoms with Gasteiger partial charge < -0.3 is 5.73 Å². The van der Waals surface area contributed by atoms with Crippen LogP contribution in [0.25, 0.3) is 0 Å². The fraction of sp³-hybridized carbons (Fsp3) is 0.800. The van der Waals surface area contributed by atoms with Crippen LogP contribution in [0.2, 0.25) is 0 Å². The Morgan fingerprint density at radius 2 is 2.23 bits per heavy atom. The topological polar surface area (TPSA) is 57.1 Å². The van der Waals surface area contributed by atoms with Crippen LogP contribution in [0.4, 0.5) is 0 Å².